The van der Waals surface area contributed by atoms with Crippen LogP contribution in [0.15, 0.2) is 42.5 Å². The lowest BCUT2D eigenvalue weighted by molar-refractivity contribution is -0.119. The number of benzene rings is 2. The largest absolute Gasteiger partial charge is 0.459 e. The molecule has 0 fully saturated rings. The number of amides is 1. The van der Waals surface area contributed by atoms with E-state index in [0.717, 1.165) is 10.8 Å². The lowest BCUT2D eigenvalue weighted by atomic mass is 10.1. The highest BCUT2D eigenvalue weighted by Crippen LogP contribution is 2.21. The van der Waals surface area contributed by atoms with E-state index in [1.165, 1.54) is 0 Å². The van der Waals surface area contributed by atoms with Crippen molar-refractivity contribution in [1.29, 1.82) is 0 Å². The second-order valence-electron chi connectivity index (χ2n) is 7.27. The number of ether oxygens (including phenoxy) is 2. The van der Waals surface area contributed by atoms with Crippen molar-refractivity contribution in [2.24, 2.45) is 0 Å². The predicted molar refractivity (Wildman–Crippen MR) is 114 cm³/mol. The van der Waals surface area contributed by atoms with E-state index in [-0.39, 0.29) is 11.8 Å². The molecule has 30 heavy (non-hydrogen) atoms. The standard InChI is InChI=1S/C23H24N2O5/c1-13(2)30-22(27)20-14(3)21(24-15(20)4)23(28)29-12-19(26)25-18-10-9-16-7-5-6-8-17(16)11-18/h5-11,13,24H,12H2,1-4H3,(H,25,26). The summed E-state index contributed by atoms with van der Waals surface area (Å²) < 4.78 is 10.3. The molecule has 0 saturated heterocycles. The number of esters is 2. The fourth-order valence-electron chi connectivity index (χ4n) is 3.20. The summed E-state index contributed by atoms with van der Waals surface area (Å²) in [6.45, 7) is 6.35. The number of rotatable bonds is 6. The molecule has 0 atom stereocenters. The zero-order chi connectivity index (χ0) is 21.8. The Morgan fingerprint density at radius 1 is 1.00 bits per heavy atom. The number of aromatic amines is 1. The van der Waals surface area contributed by atoms with Crippen LogP contribution < -0.4 is 5.32 Å². The van der Waals surface area contributed by atoms with Gasteiger partial charge in [-0.05, 0) is 56.2 Å². The molecule has 1 amide bonds. The molecule has 0 aliphatic carbocycles. The molecule has 2 aromatic carbocycles. The van der Waals surface area contributed by atoms with Crippen LogP contribution in [0, 0.1) is 13.8 Å². The molecule has 2 N–H and O–H groups in total. The Bertz CT molecular complexity index is 1110. The van der Waals surface area contributed by atoms with Gasteiger partial charge >= 0.3 is 11.9 Å². The van der Waals surface area contributed by atoms with E-state index in [1.807, 2.05) is 36.4 Å². The number of aromatic nitrogens is 1. The highest BCUT2D eigenvalue weighted by molar-refractivity contribution is 6.00. The quantitative estimate of drug-likeness (QED) is 0.597. The maximum Gasteiger partial charge on any atom is 0.355 e. The van der Waals surface area contributed by atoms with Gasteiger partial charge in [0.05, 0.1) is 11.7 Å². The van der Waals surface area contributed by atoms with Gasteiger partial charge in [0.15, 0.2) is 6.61 Å². The smallest absolute Gasteiger partial charge is 0.355 e. The minimum atomic E-state index is -0.715. The number of hydrogen-bond donors (Lipinski definition) is 2. The summed E-state index contributed by atoms with van der Waals surface area (Å²) in [5.41, 5.74) is 1.97. The number of anilines is 1. The van der Waals surface area contributed by atoms with E-state index in [0.29, 0.717) is 22.5 Å². The van der Waals surface area contributed by atoms with Gasteiger partial charge in [0.25, 0.3) is 5.91 Å². The van der Waals surface area contributed by atoms with Crippen molar-refractivity contribution in [1.82, 2.24) is 4.98 Å². The lowest BCUT2D eigenvalue weighted by Gasteiger charge is -2.09. The first-order chi connectivity index (χ1) is 14.3. The minimum absolute atomic E-state index is 0.127. The van der Waals surface area contributed by atoms with Crippen LogP contribution >= 0.6 is 0 Å². The van der Waals surface area contributed by atoms with Crippen LogP contribution in [0.1, 0.15) is 46.0 Å². The van der Waals surface area contributed by atoms with E-state index in [4.69, 9.17) is 9.47 Å². The van der Waals surface area contributed by atoms with Crippen molar-refractivity contribution < 1.29 is 23.9 Å². The Morgan fingerprint density at radius 2 is 1.70 bits per heavy atom. The van der Waals surface area contributed by atoms with E-state index in [2.05, 4.69) is 10.3 Å². The van der Waals surface area contributed by atoms with E-state index >= 15 is 0 Å². The second kappa shape index (κ2) is 8.82. The Balaban J connectivity index is 1.63. The third kappa shape index (κ3) is 4.68. The maximum absolute atomic E-state index is 12.4. The van der Waals surface area contributed by atoms with Crippen molar-refractivity contribution >= 4 is 34.3 Å². The molecular weight excluding hydrogens is 384 g/mol. The molecule has 0 bridgehead atoms. The fourth-order valence-corrected chi connectivity index (χ4v) is 3.20. The van der Waals surface area contributed by atoms with E-state index in [1.54, 1.807) is 33.8 Å². The van der Waals surface area contributed by atoms with E-state index < -0.39 is 24.5 Å². The van der Waals surface area contributed by atoms with Gasteiger partial charge in [-0.15, -0.1) is 0 Å². The van der Waals surface area contributed by atoms with Crippen LogP contribution in [0.2, 0.25) is 0 Å². The highest BCUT2D eigenvalue weighted by Gasteiger charge is 2.24. The number of fused-ring (bicyclic) bond motifs is 1. The van der Waals surface area contributed by atoms with Crippen LogP contribution in [0.3, 0.4) is 0 Å². The zero-order valence-electron chi connectivity index (χ0n) is 17.4. The number of aryl methyl sites for hydroxylation is 1. The van der Waals surface area contributed by atoms with Gasteiger partial charge in [-0.3, -0.25) is 4.79 Å². The molecule has 1 aromatic heterocycles. The number of carbonyl (C=O) groups excluding carboxylic acids is 3. The third-order valence-electron chi connectivity index (χ3n) is 4.56. The topological polar surface area (TPSA) is 97.5 Å². The summed E-state index contributed by atoms with van der Waals surface area (Å²) >= 11 is 0. The monoisotopic (exact) mass is 408 g/mol. The summed E-state index contributed by atoms with van der Waals surface area (Å²) in [6.07, 6.45) is -0.277. The summed E-state index contributed by atoms with van der Waals surface area (Å²) in [4.78, 5) is 39.7. The van der Waals surface area contributed by atoms with Gasteiger partial charge in [-0.2, -0.15) is 0 Å². The van der Waals surface area contributed by atoms with Crippen LogP contribution in [-0.4, -0.2) is 35.5 Å². The molecular formula is C23H24N2O5. The first-order valence-corrected chi connectivity index (χ1v) is 9.62. The molecule has 156 valence electrons. The molecule has 7 heteroatoms. The lowest BCUT2D eigenvalue weighted by Crippen LogP contribution is -2.21. The highest BCUT2D eigenvalue weighted by atomic mass is 16.5. The molecule has 3 rings (SSSR count). The Kier molecular flexibility index (Phi) is 6.20. The molecule has 0 aliphatic rings. The molecule has 0 aliphatic heterocycles. The predicted octanol–water partition coefficient (Wildman–Crippen LogP) is 4.15. The molecule has 0 saturated carbocycles. The average molecular weight is 408 g/mol. The Labute approximate surface area is 174 Å². The Hall–Kier alpha value is -3.61. The van der Waals surface area contributed by atoms with Crippen LogP contribution in [0.4, 0.5) is 5.69 Å². The van der Waals surface area contributed by atoms with Gasteiger partial charge in [0, 0.05) is 11.4 Å². The van der Waals surface area contributed by atoms with Gasteiger partial charge in [0.1, 0.15) is 5.69 Å². The van der Waals surface area contributed by atoms with Gasteiger partial charge in [-0.1, -0.05) is 30.3 Å². The SMILES string of the molecule is Cc1[nH]c(C(=O)OCC(=O)Nc2ccc3ccccc3c2)c(C)c1C(=O)OC(C)C. The van der Waals surface area contributed by atoms with Crippen molar-refractivity contribution in [3.63, 3.8) is 0 Å². The number of carbonyl (C=O) groups is 3. The van der Waals surface area contributed by atoms with Gasteiger partial charge < -0.3 is 19.8 Å². The van der Waals surface area contributed by atoms with Crippen molar-refractivity contribution in [3.8, 4) is 0 Å². The average Bonchev–Trinajstić information content (AvgIpc) is 2.99. The van der Waals surface area contributed by atoms with Gasteiger partial charge in [0.2, 0.25) is 0 Å². The van der Waals surface area contributed by atoms with Crippen LogP contribution in [0.5, 0.6) is 0 Å². The van der Waals surface area contributed by atoms with Gasteiger partial charge in [-0.25, -0.2) is 9.59 Å². The summed E-state index contributed by atoms with van der Waals surface area (Å²) in [7, 11) is 0. The minimum Gasteiger partial charge on any atom is -0.459 e. The zero-order valence-corrected chi connectivity index (χ0v) is 17.4. The van der Waals surface area contributed by atoms with Crippen molar-refractivity contribution in [2.75, 3.05) is 11.9 Å². The first-order valence-electron chi connectivity index (χ1n) is 9.62. The summed E-state index contributed by atoms with van der Waals surface area (Å²) in [5.74, 6) is -1.68. The van der Waals surface area contributed by atoms with E-state index in [9.17, 15) is 14.4 Å². The van der Waals surface area contributed by atoms with Crippen LogP contribution in [-0.2, 0) is 14.3 Å². The Morgan fingerprint density at radius 3 is 2.40 bits per heavy atom. The molecule has 0 spiro atoms. The molecule has 3 aromatic rings. The van der Waals surface area contributed by atoms with Crippen LogP contribution in [0.25, 0.3) is 10.8 Å². The summed E-state index contributed by atoms with van der Waals surface area (Å²) in [6, 6.07) is 13.3. The summed E-state index contributed by atoms with van der Waals surface area (Å²) in [5, 5.41) is 4.76. The molecule has 0 unspecified atom stereocenters. The van der Waals surface area contributed by atoms with Crippen molar-refractivity contribution in [2.45, 2.75) is 33.8 Å². The number of H-pyrrole nitrogens is 1. The molecule has 7 nitrogen and oxygen atoms in total. The fraction of sp³-hybridized carbons (Fsp3) is 0.261. The number of nitrogens with one attached hydrogen (secondary N) is 2. The first kappa shape index (κ1) is 21.1. The normalized spacial score (nSPS) is 10.8. The van der Waals surface area contributed by atoms with Crippen molar-refractivity contribution in [3.05, 3.63) is 65.0 Å². The third-order valence-corrected chi connectivity index (χ3v) is 4.56. The molecule has 0 radical (unpaired) electrons. The molecule has 1 heterocycles. The number of hydrogen-bond acceptors (Lipinski definition) is 5. The maximum atomic E-state index is 12.4. The second-order valence-corrected chi connectivity index (χ2v) is 7.27.